The van der Waals surface area contributed by atoms with Crippen LogP contribution in [0.4, 0.5) is 10.5 Å². The van der Waals surface area contributed by atoms with E-state index in [2.05, 4.69) is 37.2 Å². The molecule has 3 aromatic rings. The van der Waals surface area contributed by atoms with Crippen LogP contribution in [0.5, 0.6) is 5.75 Å². The van der Waals surface area contributed by atoms with Crippen molar-refractivity contribution in [1.82, 2.24) is 5.32 Å². The van der Waals surface area contributed by atoms with Gasteiger partial charge in [0.05, 0.1) is 5.69 Å². The molecule has 0 aromatic heterocycles. The van der Waals surface area contributed by atoms with Gasteiger partial charge in [0, 0.05) is 14.5 Å². The highest BCUT2D eigenvalue weighted by molar-refractivity contribution is 9.10. The van der Waals surface area contributed by atoms with Crippen LogP contribution in [0.3, 0.4) is 0 Å². The van der Waals surface area contributed by atoms with Gasteiger partial charge in [-0.05, 0) is 60.5 Å². The first-order valence-electron chi connectivity index (χ1n) is 9.97. The number of carbonyl (C=O) groups excluding carboxylic acids is 3. The minimum Gasteiger partial charge on any atom is -0.488 e. The summed E-state index contributed by atoms with van der Waals surface area (Å²) in [5, 5.41) is 2.26. The number of nitrogens with one attached hydrogen (secondary N) is 1. The fourth-order valence-corrected chi connectivity index (χ4v) is 4.11. The molecule has 8 heteroatoms. The second-order valence-corrected chi connectivity index (χ2v) is 9.17. The van der Waals surface area contributed by atoms with Crippen molar-refractivity contribution in [3.8, 4) is 5.75 Å². The molecule has 0 atom stereocenters. The smallest absolute Gasteiger partial charge is 0.335 e. The van der Waals surface area contributed by atoms with Gasteiger partial charge >= 0.3 is 6.03 Å². The van der Waals surface area contributed by atoms with E-state index in [0.29, 0.717) is 29.2 Å². The number of hydrogen-bond donors (Lipinski definition) is 1. The Morgan fingerprint density at radius 1 is 0.939 bits per heavy atom. The summed E-state index contributed by atoms with van der Waals surface area (Å²) in [6, 6.07) is 19.2. The quantitative estimate of drug-likeness (QED) is 0.313. The molecule has 6 nitrogen and oxygen atoms in total. The first-order valence-corrected chi connectivity index (χ1v) is 11.6. The molecule has 0 radical (unpaired) electrons. The van der Waals surface area contributed by atoms with Gasteiger partial charge in [-0.2, -0.15) is 0 Å². The highest BCUT2D eigenvalue weighted by Crippen LogP contribution is 2.29. The molecule has 1 saturated heterocycles. The number of amides is 4. The van der Waals surface area contributed by atoms with Crippen molar-refractivity contribution in [2.24, 2.45) is 0 Å². The maximum Gasteiger partial charge on any atom is 0.335 e. The summed E-state index contributed by atoms with van der Waals surface area (Å²) in [4.78, 5) is 39.3. The van der Waals surface area contributed by atoms with Crippen LogP contribution in [-0.2, 0) is 16.2 Å². The largest absolute Gasteiger partial charge is 0.488 e. The molecule has 4 amide bonds. The van der Waals surface area contributed by atoms with Crippen molar-refractivity contribution in [1.29, 1.82) is 0 Å². The van der Waals surface area contributed by atoms with Gasteiger partial charge in [0.25, 0.3) is 11.8 Å². The molecule has 1 aliphatic heterocycles. The number of urea groups is 1. The van der Waals surface area contributed by atoms with Crippen LogP contribution in [0.2, 0.25) is 0 Å². The summed E-state index contributed by atoms with van der Waals surface area (Å²) < 4.78 is 7.74. The minimum atomic E-state index is -0.785. The fraction of sp³-hybridized carbons (Fsp3) is 0.0800. The Labute approximate surface area is 207 Å². The lowest BCUT2D eigenvalue weighted by Crippen LogP contribution is -2.54. The van der Waals surface area contributed by atoms with Crippen molar-refractivity contribution >= 4 is 61.5 Å². The lowest BCUT2D eigenvalue weighted by molar-refractivity contribution is -0.122. The maximum atomic E-state index is 13.2. The van der Waals surface area contributed by atoms with E-state index >= 15 is 0 Å². The molecule has 0 saturated carbocycles. The molecule has 1 heterocycles. The molecule has 0 aliphatic carbocycles. The number of nitrogens with zero attached hydrogens (tertiary/aromatic N) is 1. The van der Waals surface area contributed by atoms with Crippen molar-refractivity contribution < 1.29 is 19.1 Å². The molecule has 4 rings (SSSR count). The van der Waals surface area contributed by atoms with Gasteiger partial charge in [-0.1, -0.05) is 62.2 Å². The third-order valence-electron chi connectivity index (χ3n) is 5.03. The summed E-state index contributed by atoms with van der Waals surface area (Å²) in [7, 11) is 0. The number of benzene rings is 3. The number of imide groups is 2. The number of anilines is 1. The Bertz CT molecular complexity index is 1290. The average molecular weight is 570 g/mol. The Hall–Kier alpha value is -3.23. The zero-order valence-corrected chi connectivity index (χ0v) is 20.6. The summed E-state index contributed by atoms with van der Waals surface area (Å²) in [6.45, 7) is 2.10. The molecule has 0 bridgehead atoms. The van der Waals surface area contributed by atoms with Crippen LogP contribution in [0.15, 0.2) is 81.2 Å². The van der Waals surface area contributed by atoms with Crippen LogP contribution in [0.25, 0.3) is 6.08 Å². The van der Waals surface area contributed by atoms with Gasteiger partial charge in [0.15, 0.2) is 0 Å². The first-order chi connectivity index (χ1) is 15.8. The Morgan fingerprint density at radius 2 is 1.64 bits per heavy atom. The zero-order valence-electron chi connectivity index (χ0n) is 17.5. The van der Waals surface area contributed by atoms with Gasteiger partial charge < -0.3 is 4.74 Å². The predicted molar refractivity (Wildman–Crippen MR) is 133 cm³/mol. The second-order valence-electron chi connectivity index (χ2n) is 7.34. The lowest BCUT2D eigenvalue weighted by Gasteiger charge is -2.27. The third-order valence-corrected chi connectivity index (χ3v) is 6.05. The molecule has 1 fully saturated rings. The van der Waals surface area contributed by atoms with Crippen molar-refractivity contribution in [2.75, 3.05) is 4.90 Å². The summed E-state index contributed by atoms with van der Waals surface area (Å²) in [5.41, 5.74) is 2.47. The number of rotatable bonds is 5. The van der Waals surface area contributed by atoms with E-state index in [0.717, 1.165) is 19.4 Å². The van der Waals surface area contributed by atoms with E-state index in [-0.39, 0.29) is 5.57 Å². The Balaban J connectivity index is 1.65. The number of hydrogen-bond acceptors (Lipinski definition) is 4. The topological polar surface area (TPSA) is 75.7 Å². The van der Waals surface area contributed by atoms with E-state index in [9.17, 15) is 14.4 Å². The van der Waals surface area contributed by atoms with Crippen LogP contribution in [-0.4, -0.2) is 17.8 Å². The maximum absolute atomic E-state index is 13.2. The van der Waals surface area contributed by atoms with Crippen LogP contribution in [0, 0.1) is 6.92 Å². The molecule has 0 spiro atoms. The zero-order chi connectivity index (χ0) is 23.5. The van der Waals surface area contributed by atoms with Gasteiger partial charge in [0.1, 0.15) is 17.9 Å². The van der Waals surface area contributed by atoms with E-state index in [1.165, 1.54) is 6.08 Å². The summed E-state index contributed by atoms with van der Waals surface area (Å²) in [5.74, 6) is -0.938. The molecule has 1 N–H and O–H groups in total. The van der Waals surface area contributed by atoms with Gasteiger partial charge in [-0.3, -0.25) is 14.9 Å². The number of para-hydroxylation sites is 1. The molecular formula is C25H18Br2N2O4. The van der Waals surface area contributed by atoms with E-state index < -0.39 is 17.8 Å². The van der Waals surface area contributed by atoms with Gasteiger partial charge in [-0.25, -0.2) is 9.69 Å². The van der Waals surface area contributed by atoms with E-state index in [1.54, 1.807) is 43.3 Å². The molecule has 166 valence electrons. The van der Waals surface area contributed by atoms with E-state index in [1.807, 2.05) is 30.3 Å². The predicted octanol–water partition coefficient (Wildman–Crippen LogP) is 5.77. The number of halogens is 2. The van der Waals surface area contributed by atoms with Crippen molar-refractivity contribution in [2.45, 2.75) is 13.5 Å². The first kappa shape index (κ1) is 22.9. The molecular weight excluding hydrogens is 552 g/mol. The monoisotopic (exact) mass is 568 g/mol. The molecule has 0 unspecified atom stereocenters. The normalized spacial score (nSPS) is 15.1. The number of ether oxygens (including phenoxy) is 1. The second kappa shape index (κ2) is 9.72. The summed E-state index contributed by atoms with van der Waals surface area (Å²) >= 11 is 6.78. The lowest BCUT2D eigenvalue weighted by atomic mass is 10.0. The highest BCUT2D eigenvalue weighted by Gasteiger charge is 2.37. The Kier molecular flexibility index (Phi) is 6.76. The molecule has 33 heavy (non-hydrogen) atoms. The van der Waals surface area contributed by atoms with Gasteiger partial charge in [-0.15, -0.1) is 0 Å². The van der Waals surface area contributed by atoms with Crippen LogP contribution in [0.1, 0.15) is 16.7 Å². The van der Waals surface area contributed by atoms with Crippen LogP contribution >= 0.6 is 31.9 Å². The number of aryl methyl sites for hydroxylation is 1. The minimum absolute atomic E-state index is 0.156. The highest BCUT2D eigenvalue weighted by atomic mass is 79.9. The average Bonchev–Trinajstić information content (AvgIpc) is 2.78. The van der Waals surface area contributed by atoms with Crippen molar-refractivity contribution in [3.05, 3.63) is 97.9 Å². The molecule has 1 aliphatic rings. The van der Waals surface area contributed by atoms with Crippen molar-refractivity contribution in [3.63, 3.8) is 0 Å². The fourth-order valence-electron chi connectivity index (χ4n) is 3.37. The molecule has 3 aromatic carbocycles. The Morgan fingerprint density at radius 3 is 2.36 bits per heavy atom. The summed E-state index contributed by atoms with van der Waals surface area (Å²) in [6.07, 6.45) is 1.45. The SMILES string of the molecule is Cc1cc(Br)ccc1N1C(=O)NC(=O)/C(=C/c2ccccc2OCc2ccc(Br)cc2)C1=O. The van der Waals surface area contributed by atoms with Gasteiger partial charge in [0.2, 0.25) is 0 Å². The third kappa shape index (κ3) is 5.07. The number of carbonyl (C=O) groups is 3. The van der Waals surface area contributed by atoms with E-state index in [4.69, 9.17) is 4.74 Å². The standard InChI is InChI=1S/C25H18Br2N2O4/c1-15-12-19(27)10-11-21(15)29-24(31)20(23(30)28-25(29)32)13-17-4-2-3-5-22(17)33-14-16-6-8-18(26)9-7-16/h2-13H,14H2,1H3,(H,28,30,32)/b20-13-. The van der Waals surface area contributed by atoms with Crippen LogP contribution < -0.4 is 15.0 Å². The number of barbiturate groups is 1.